The van der Waals surface area contributed by atoms with Gasteiger partial charge in [-0.2, -0.15) is 10.4 Å². The van der Waals surface area contributed by atoms with Gasteiger partial charge in [0.2, 0.25) is 0 Å². The Bertz CT molecular complexity index is 576. The summed E-state index contributed by atoms with van der Waals surface area (Å²) in [5, 5.41) is 18.1. The molecule has 0 aliphatic carbocycles. The van der Waals surface area contributed by atoms with Crippen LogP contribution in [0.4, 0.5) is 10.1 Å². The highest BCUT2D eigenvalue weighted by molar-refractivity contribution is 9.10. The molecular formula is C11H9BrFN5. The Hall–Kier alpha value is -1.94. The van der Waals surface area contributed by atoms with Gasteiger partial charge in [0.05, 0.1) is 15.7 Å². The highest BCUT2D eigenvalue weighted by Crippen LogP contribution is 2.26. The highest BCUT2D eigenvalue weighted by Gasteiger charge is 2.10. The van der Waals surface area contributed by atoms with Gasteiger partial charge in [0.1, 0.15) is 18.2 Å². The number of aromatic amines is 1. The van der Waals surface area contributed by atoms with E-state index in [1.165, 1.54) is 6.33 Å². The van der Waals surface area contributed by atoms with E-state index >= 15 is 0 Å². The maximum Gasteiger partial charge on any atom is 0.161 e. The molecule has 7 heteroatoms. The van der Waals surface area contributed by atoms with Crippen molar-refractivity contribution < 1.29 is 4.39 Å². The van der Waals surface area contributed by atoms with E-state index in [0.29, 0.717) is 18.7 Å². The van der Waals surface area contributed by atoms with Gasteiger partial charge in [0.25, 0.3) is 0 Å². The second kappa shape index (κ2) is 5.60. The number of rotatable bonds is 4. The van der Waals surface area contributed by atoms with Crippen molar-refractivity contribution in [1.29, 1.82) is 5.26 Å². The van der Waals surface area contributed by atoms with Gasteiger partial charge in [-0.1, -0.05) is 0 Å². The maximum atomic E-state index is 13.8. The lowest BCUT2D eigenvalue weighted by Gasteiger charge is -2.08. The molecule has 0 unspecified atom stereocenters. The third-order valence-corrected chi connectivity index (χ3v) is 3.12. The van der Waals surface area contributed by atoms with Crippen molar-refractivity contribution in [1.82, 2.24) is 15.2 Å². The molecule has 0 fully saturated rings. The zero-order chi connectivity index (χ0) is 13.0. The SMILES string of the molecule is N#Cc1ccc(NCCc2ncn[nH]2)c(F)c1Br. The predicted octanol–water partition coefficient (Wildman–Crippen LogP) is 2.23. The number of hydrogen-bond donors (Lipinski definition) is 2. The second-order valence-corrected chi connectivity index (χ2v) is 4.30. The summed E-state index contributed by atoms with van der Waals surface area (Å²) >= 11 is 3.06. The molecule has 0 radical (unpaired) electrons. The van der Waals surface area contributed by atoms with Crippen LogP contribution in [0.2, 0.25) is 0 Å². The molecule has 1 heterocycles. The molecule has 92 valence electrons. The molecule has 2 aromatic rings. The molecular weight excluding hydrogens is 301 g/mol. The number of H-pyrrole nitrogens is 1. The van der Waals surface area contributed by atoms with Gasteiger partial charge < -0.3 is 5.32 Å². The van der Waals surface area contributed by atoms with Gasteiger partial charge in [-0.25, -0.2) is 9.37 Å². The lowest BCUT2D eigenvalue weighted by Crippen LogP contribution is -2.08. The normalized spacial score (nSPS) is 10.1. The van der Waals surface area contributed by atoms with E-state index in [1.54, 1.807) is 12.1 Å². The Morgan fingerprint density at radius 3 is 3.00 bits per heavy atom. The van der Waals surface area contributed by atoms with Crippen LogP contribution in [0.15, 0.2) is 22.9 Å². The molecule has 0 spiro atoms. The zero-order valence-electron chi connectivity index (χ0n) is 9.24. The van der Waals surface area contributed by atoms with Crippen molar-refractivity contribution in [2.24, 2.45) is 0 Å². The summed E-state index contributed by atoms with van der Waals surface area (Å²) in [7, 11) is 0. The van der Waals surface area contributed by atoms with Crippen LogP contribution in [0.5, 0.6) is 0 Å². The molecule has 0 saturated carbocycles. The third-order valence-electron chi connectivity index (χ3n) is 2.34. The Morgan fingerprint density at radius 1 is 1.50 bits per heavy atom. The van der Waals surface area contributed by atoms with Crippen molar-refractivity contribution in [3.63, 3.8) is 0 Å². The molecule has 18 heavy (non-hydrogen) atoms. The topological polar surface area (TPSA) is 77.4 Å². The minimum atomic E-state index is -0.466. The molecule has 0 aliphatic heterocycles. The summed E-state index contributed by atoms with van der Waals surface area (Å²) in [5.41, 5.74) is 0.619. The summed E-state index contributed by atoms with van der Waals surface area (Å²) < 4.78 is 14.0. The number of benzene rings is 1. The Morgan fingerprint density at radius 2 is 2.33 bits per heavy atom. The maximum absolute atomic E-state index is 13.8. The fraction of sp³-hybridized carbons (Fsp3) is 0.182. The minimum Gasteiger partial charge on any atom is -0.382 e. The zero-order valence-corrected chi connectivity index (χ0v) is 10.8. The number of nitriles is 1. The van der Waals surface area contributed by atoms with E-state index in [2.05, 4.69) is 36.4 Å². The van der Waals surface area contributed by atoms with E-state index in [-0.39, 0.29) is 10.0 Å². The predicted molar refractivity (Wildman–Crippen MR) is 67.4 cm³/mol. The second-order valence-electron chi connectivity index (χ2n) is 3.51. The Balaban J connectivity index is 2.02. The fourth-order valence-electron chi connectivity index (χ4n) is 1.44. The number of nitrogens with one attached hydrogen (secondary N) is 2. The van der Waals surface area contributed by atoms with Crippen LogP contribution >= 0.6 is 15.9 Å². The van der Waals surface area contributed by atoms with Gasteiger partial charge in [0.15, 0.2) is 5.82 Å². The van der Waals surface area contributed by atoms with E-state index in [1.807, 2.05) is 6.07 Å². The number of hydrogen-bond acceptors (Lipinski definition) is 4. The first-order chi connectivity index (χ1) is 8.72. The van der Waals surface area contributed by atoms with E-state index in [9.17, 15) is 4.39 Å². The minimum absolute atomic E-state index is 0.176. The first-order valence-electron chi connectivity index (χ1n) is 5.18. The van der Waals surface area contributed by atoms with E-state index < -0.39 is 5.82 Å². The molecule has 2 N–H and O–H groups in total. The number of aromatic nitrogens is 3. The molecule has 0 amide bonds. The lowest BCUT2D eigenvalue weighted by molar-refractivity contribution is 0.622. The average Bonchev–Trinajstić information content (AvgIpc) is 2.88. The summed E-state index contributed by atoms with van der Waals surface area (Å²) in [6, 6.07) is 5.00. The van der Waals surface area contributed by atoms with Gasteiger partial charge in [0, 0.05) is 13.0 Å². The van der Waals surface area contributed by atoms with E-state index in [0.717, 1.165) is 5.82 Å². The van der Waals surface area contributed by atoms with Crippen LogP contribution in [0.3, 0.4) is 0 Å². The molecule has 0 bridgehead atoms. The highest BCUT2D eigenvalue weighted by atomic mass is 79.9. The summed E-state index contributed by atoms with van der Waals surface area (Å²) in [6.45, 7) is 0.518. The number of nitrogens with zero attached hydrogens (tertiary/aromatic N) is 3. The quantitative estimate of drug-likeness (QED) is 0.908. The van der Waals surface area contributed by atoms with Crippen LogP contribution in [0.25, 0.3) is 0 Å². The smallest absolute Gasteiger partial charge is 0.161 e. The molecule has 0 atom stereocenters. The Kier molecular flexibility index (Phi) is 3.89. The van der Waals surface area contributed by atoms with Gasteiger partial charge >= 0.3 is 0 Å². The summed E-state index contributed by atoms with van der Waals surface area (Å²) in [6.07, 6.45) is 2.03. The number of anilines is 1. The van der Waals surface area contributed by atoms with Crippen molar-refractivity contribution >= 4 is 21.6 Å². The van der Waals surface area contributed by atoms with Crippen LogP contribution in [-0.4, -0.2) is 21.7 Å². The van der Waals surface area contributed by atoms with Crippen LogP contribution < -0.4 is 5.32 Å². The molecule has 0 aliphatic rings. The van der Waals surface area contributed by atoms with Crippen molar-refractivity contribution in [3.8, 4) is 6.07 Å². The monoisotopic (exact) mass is 309 g/mol. The van der Waals surface area contributed by atoms with Crippen molar-refractivity contribution in [2.75, 3.05) is 11.9 Å². The standard InChI is InChI=1S/C11H9BrFN5/c12-10-7(5-14)1-2-8(11(10)13)15-4-3-9-16-6-17-18-9/h1-2,6,15H,3-4H2,(H,16,17,18). The van der Waals surface area contributed by atoms with Crippen LogP contribution in [0.1, 0.15) is 11.4 Å². The largest absolute Gasteiger partial charge is 0.382 e. The van der Waals surface area contributed by atoms with Gasteiger partial charge in [-0.15, -0.1) is 0 Å². The lowest BCUT2D eigenvalue weighted by atomic mass is 10.2. The molecule has 0 saturated heterocycles. The molecule has 1 aromatic heterocycles. The third kappa shape index (κ3) is 2.65. The average molecular weight is 310 g/mol. The molecule has 2 rings (SSSR count). The van der Waals surface area contributed by atoms with Crippen LogP contribution in [-0.2, 0) is 6.42 Å². The molecule has 5 nitrogen and oxygen atoms in total. The fourth-order valence-corrected chi connectivity index (χ4v) is 1.87. The van der Waals surface area contributed by atoms with Gasteiger partial charge in [-0.3, -0.25) is 5.10 Å². The molecule has 1 aromatic carbocycles. The van der Waals surface area contributed by atoms with Gasteiger partial charge in [-0.05, 0) is 28.1 Å². The van der Waals surface area contributed by atoms with E-state index in [4.69, 9.17) is 5.26 Å². The summed E-state index contributed by atoms with van der Waals surface area (Å²) in [4.78, 5) is 3.96. The van der Waals surface area contributed by atoms with Crippen molar-refractivity contribution in [2.45, 2.75) is 6.42 Å². The first kappa shape index (κ1) is 12.5. The Labute approximate surface area is 111 Å². The number of halogens is 2. The van der Waals surface area contributed by atoms with Crippen LogP contribution in [0, 0.1) is 17.1 Å². The van der Waals surface area contributed by atoms with Crippen molar-refractivity contribution in [3.05, 3.63) is 40.1 Å². The summed E-state index contributed by atoms with van der Waals surface area (Å²) in [5.74, 6) is 0.266. The first-order valence-corrected chi connectivity index (χ1v) is 5.98.